The highest BCUT2D eigenvalue weighted by Gasteiger charge is 2.06. The molecule has 0 atom stereocenters. The lowest BCUT2D eigenvalue weighted by atomic mass is 10.2. The Morgan fingerprint density at radius 1 is 1.47 bits per heavy atom. The van der Waals surface area contributed by atoms with E-state index in [1.54, 1.807) is 24.6 Å². The fourth-order valence-electron chi connectivity index (χ4n) is 1.36. The molecule has 2 heterocycles. The highest BCUT2D eigenvalue weighted by atomic mass is 32.1. The van der Waals surface area contributed by atoms with Crippen molar-refractivity contribution in [1.29, 1.82) is 0 Å². The summed E-state index contributed by atoms with van der Waals surface area (Å²) in [5, 5.41) is 3.06. The van der Waals surface area contributed by atoms with Gasteiger partial charge in [0.25, 0.3) is 0 Å². The Labute approximate surface area is 92.8 Å². The van der Waals surface area contributed by atoms with Crippen LogP contribution in [0.3, 0.4) is 0 Å². The monoisotopic (exact) mass is 220 g/mol. The third kappa shape index (κ3) is 2.22. The Hall–Kier alpha value is -1.26. The van der Waals surface area contributed by atoms with Crippen LogP contribution in [-0.2, 0) is 11.3 Å². The molecule has 3 nitrogen and oxygen atoms in total. The van der Waals surface area contributed by atoms with Crippen molar-refractivity contribution >= 4 is 11.3 Å². The summed E-state index contributed by atoms with van der Waals surface area (Å²) in [5.74, 6) is 0. The van der Waals surface area contributed by atoms with Crippen LogP contribution in [-0.4, -0.2) is 17.1 Å². The number of hydrogen-bond acceptors (Lipinski definition) is 4. The van der Waals surface area contributed by atoms with E-state index in [1.165, 1.54) is 0 Å². The van der Waals surface area contributed by atoms with E-state index < -0.39 is 0 Å². The number of ether oxygens (including phenoxy) is 1. The Bertz CT molecular complexity index is 453. The molecule has 0 bridgehead atoms. The van der Waals surface area contributed by atoms with Crippen molar-refractivity contribution in [3.63, 3.8) is 0 Å². The number of aryl methyl sites for hydroxylation is 1. The SMILES string of the molecule is COCc1csc(-c2ccncc2C)n1. The minimum absolute atomic E-state index is 0.570. The zero-order chi connectivity index (χ0) is 10.7. The van der Waals surface area contributed by atoms with Gasteiger partial charge < -0.3 is 4.74 Å². The van der Waals surface area contributed by atoms with E-state index in [9.17, 15) is 0 Å². The van der Waals surface area contributed by atoms with Crippen LogP contribution in [0.4, 0.5) is 0 Å². The summed E-state index contributed by atoms with van der Waals surface area (Å²) < 4.78 is 5.04. The Kier molecular flexibility index (Phi) is 3.08. The second-order valence-corrected chi connectivity index (χ2v) is 4.13. The molecular weight excluding hydrogens is 208 g/mol. The van der Waals surface area contributed by atoms with Crippen LogP contribution in [0.15, 0.2) is 23.8 Å². The maximum absolute atomic E-state index is 5.04. The zero-order valence-electron chi connectivity index (χ0n) is 8.73. The molecule has 0 N–H and O–H groups in total. The molecule has 0 aromatic carbocycles. The van der Waals surface area contributed by atoms with Gasteiger partial charge in [0.15, 0.2) is 0 Å². The molecule has 2 aromatic rings. The molecule has 0 saturated carbocycles. The second kappa shape index (κ2) is 4.51. The number of rotatable bonds is 3. The van der Waals surface area contributed by atoms with E-state index in [1.807, 2.05) is 24.6 Å². The molecule has 4 heteroatoms. The normalized spacial score (nSPS) is 10.5. The molecule has 0 fully saturated rings. The predicted molar refractivity (Wildman–Crippen MR) is 60.8 cm³/mol. The number of aromatic nitrogens is 2. The Morgan fingerprint density at radius 2 is 2.33 bits per heavy atom. The van der Waals surface area contributed by atoms with E-state index in [0.29, 0.717) is 6.61 Å². The minimum Gasteiger partial charge on any atom is -0.378 e. The first-order chi connectivity index (χ1) is 7.31. The first-order valence-corrected chi connectivity index (χ1v) is 5.53. The van der Waals surface area contributed by atoms with Gasteiger partial charge in [0.2, 0.25) is 0 Å². The molecule has 0 amide bonds. The lowest BCUT2D eigenvalue weighted by molar-refractivity contribution is 0.182. The fraction of sp³-hybridized carbons (Fsp3) is 0.273. The maximum atomic E-state index is 5.04. The van der Waals surface area contributed by atoms with Crippen molar-refractivity contribution in [1.82, 2.24) is 9.97 Å². The van der Waals surface area contributed by atoms with Crippen LogP contribution < -0.4 is 0 Å². The molecule has 0 radical (unpaired) electrons. The lowest BCUT2D eigenvalue weighted by Crippen LogP contribution is -1.88. The summed E-state index contributed by atoms with van der Waals surface area (Å²) in [5.41, 5.74) is 3.28. The molecule has 0 saturated heterocycles. The lowest BCUT2D eigenvalue weighted by Gasteiger charge is -1.99. The van der Waals surface area contributed by atoms with Gasteiger partial charge in [-0.25, -0.2) is 4.98 Å². The van der Waals surface area contributed by atoms with Crippen LogP contribution in [0.2, 0.25) is 0 Å². The van der Waals surface area contributed by atoms with Crippen molar-refractivity contribution in [2.75, 3.05) is 7.11 Å². The third-order valence-electron chi connectivity index (χ3n) is 2.09. The molecule has 0 unspecified atom stereocenters. The predicted octanol–water partition coefficient (Wildman–Crippen LogP) is 2.66. The van der Waals surface area contributed by atoms with Gasteiger partial charge in [-0.15, -0.1) is 11.3 Å². The molecular formula is C11H12N2OS. The third-order valence-corrected chi connectivity index (χ3v) is 3.02. The molecule has 2 rings (SSSR count). The molecule has 15 heavy (non-hydrogen) atoms. The summed E-state index contributed by atoms with van der Waals surface area (Å²) >= 11 is 1.64. The molecule has 0 spiro atoms. The summed E-state index contributed by atoms with van der Waals surface area (Å²) in [6.07, 6.45) is 3.65. The van der Waals surface area contributed by atoms with E-state index in [-0.39, 0.29) is 0 Å². The van der Waals surface area contributed by atoms with Gasteiger partial charge in [-0.1, -0.05) is 0 Å². The van der Waals surface area contributed by atoms with Crippen LogP contribution in [0.25, 0.3) is 10.6 Å². The van der Waals surface area contributed by atoms with Crippen molar-refractivity contribution in [2.45, 2.75) is 13.5 Å². The number of pyridine rings is 1. The molecule has 2 aromatic heterocycles. The minimum atomic E-state index is 0.570. The zero-order valence-corrected chi connectivity index (χ0v) is 9.54. The summed E-state index contributed by atoms with van der Waals surface area (Å²) in [6.45, 7) is 2.61. The van der Waals surface area contributed by atoms with Crippen LogP contribution >= 0.6 is 11.3 Å². The van der Waals surface area contributed by atoms with Gasteiger partial charge in [-0.2, -0.15) is 0 Å². The highest BCUT2D eigenvalue weighted by Crippen LogP contribution is 2.25. The average Bonchev–Trinajstić information content (AvgIpc) is 2.68. The van der Waals surface area contributed by atoms with E-state index in [0.717, 1.165) is 21.8 Å². The summed E-state index contributed by atoms with van der Waals surface area (Å²) in [4.78, 5) is 8.56. The first kappa shape index (κ1) is 10.3. The van der Waals surface area contributed by atoms with E-state index >= 15 is 0 Å². The first-order valence-electron chi connectivity index (χ1n) is 4.65. The number of nitrogens with zero attached hydrogens (tertiary/aromatic N) is 2. The fourth-order valence-corrected chi connectivity index (χ4v) is 2.25. The van der Waals surface area contributed by atoms with Crippen molar-refractivity contribution in [3.05, 3.63) is 35.1 Å². The molecule has 0 aliphatic rings. The standard InChI is InChI=1S/C11H12N2OS/c1-8-5-12-4-3-10(8)11-13-9(6-14-2)7-15-11/h3-5,7H,6H2,1-2H3. The van der Waals surface area contributed by atoms with Crippen molar-refractivity contribution in [3.8, 4) is 10.6 Å². The van der Waals surface area contributed by atoms with Crippen molar-refractivity contribution < 1.29 is 4.74 Å². The van der Waals surface area contributed by atoms with Crippen molar-refractivity contribution in [2.24, 2.45) is 0 Å². The summed E-state index contributed by atoms with van der Waals surface area (Å²) in [7, 11) is 1.68. The Morgan fingerprint density at radius 3 is 3.07 bits per heavy atom. The van der Waals surface area contributed by atoms with Gasteiger partial charge in [0, 0.05) is 30.4 Å². The highest BCUT2D eigenvalue weighted by molar-refractivity contribution is 7.13. The maximum Gasteiger partial charge on any atom is 0.124 e. The van der Waals surface area contributed by atoms with Crippen LogP contribution in [0.1, 0.15) is 11.3 Å². The quantitative estimate of drug-likeness (QED) is 0.797. The number of hydrogen-bond donors (Lipinski definition) is 0. The van der Waals surface area contributed by atoms with Gasteiger partial charge >= 0.3 is 0 Å². The van der Waals surface area contributed by atoms with E-state index in [2.05, 4.69) is 9.97 Å². The van der Waals surface area contributed by atoms with Gasteiger partial charge in [0.05, 0.1) is 12.3 Å². The largest absolute Gasteiger partial charge is 0.378 e. The van der Waals surface area contributed by atoms with Gasteiger partial charge in [-0.3, -0.25) is 4.98 Å². The smallest absolute Gasteiger partial charge is 0.124 e. The number of methoxy groups -OCH3 is 1. The topological polar surface area (TPSA) is 35.0 Å². The Balaban J connectivity index is 2.33. The second-order valence-electron chi connectivity index (χ2n) is 3.27. The summed E-state index contributed by atoms with van der Waals surface area (Å²) in [6, 6.07) is 1.99. The average molecular weight is 220 g/mol. The molecule has 0 aliphatic heterocycles. The van der Waals surface area contributed by atoms with Gasteiger partial charge in [-0.05, 0) is 18.6 Å². The molecule has 0 aliphatic carbocycles. The van der Waals surface area contributed by atoms with Crippen LogP contribution in [0.5, 0.6) is 0 Å². The van der Waals surface area contributed by atoms with E-state index in [4.69, 9.17) is 4.74 Å². The molecule has 78 valence electrons. The number of thiazole rings is 1. The van der Waals surface area contributed by atoms with Gasteiger partial charge in [0.1, 0.15) is 5.01 Å². The van der Waals surface area contributed by atoms with Crippen LogP contribution in [0, 0.1) is 6.92 Å².